The van der Waals surface area contributed by atoms with Gasteiger partial charge < -0.3 is 21.7 Å². The number of rotatable bonds is 2. The maximum absolute atomic E-state index is 12.3. The fourth-order valence-corrected chi connectivity index (χ4v) is 3.10. The molecule has 5 N–H and O–H groups in total. The second-order valence-corrected chi connectivity index (χ2v) is 5.71. The summed E-state index contributed by atoms with van der Waals surface area (Å²) in [6, 6.07) is 0.141. The molecule has 2 bridgehead atoms. The van der Waals surface area contributed by atoms with E-state index < -0.39 is 0 Å². The molecule has 0 radical (unpaired) electrons. The SMILES string of the molecule is Nc1nc(N)c(C(=O)NC2CN3CCC2CC3)nc1Cl. The van der Waals surface area contributed by atoms with Gasteiger partial charge in [-0.15, -0.1) is 0 Å². The number of hydrogen-bond acceptors (Lipinski definition) is 6. The average Bonchev–Trinajstić information content (AvgIpc) is 2.44. The van der Waals surface area contributed by atoms with Gasteiger partial charge in [0.05, 0.1) is 0 Å². The summed E-state index contributed by atoms with van der Waals surface area (Å²) in [6.07, 6.45) is 2.24. The highest BCUT2D eigenvalue weighted by Crippen LogP contribution is 2.28. The Morgan fingerprint density at radius 3 is 2.55 bits per heavy atom. The van der Waals surface area contributed by atoms with Crippen LogP contribution in [0.25, 0.3) is 0 Å². The fraction of sp³-hybridized carbons (Fsp3) is 0.583. The molecule has 1 aromatic heterocycles. The molecule has 0 aliphatic carbocycles. The van der Waals surface area contributed by atoms with E-state index in [9.17, 15) is 4.79 Å². The van der Waals surface area contributed by atoms with Crippen molar-refractivity contribution in [1.29, 1.82) is 0 Å². The number of nitrogens with zero attached hydrogens (tertiary/aromatic N) is 3. The first kappa shape index (κ1) is 13.4. The van der Waals surface area contributed by atoms with Crippen LogP contribution in [0.1, 0.15) is 23.3 Å². The second kappa shape index (κ2) is 5.06. The molecule has 4 rings (SSSR count). The van der Waals surface area contributed by atoms with Crippen LogP contribution in [-0.4, -0.2) is 46.5 Å². The van der Waals surface area contributed by atoms with Gasteiger partial charge in [0, 0.05) is 12.6 Å². The molecule has 1 unspecified atom stereocenters. The van der Waals surface area contributed by atoms with Crippen molar-refractivity contribution in [2.45, 2.75) is 18.9 Å². The van der Waals surface area contributed by atoms with Crippen molar-refractivity contribution in [3.63, 3.8) is 0 Å². The van der Waals surface area contributed by atoms with E-state index in [0.29, 0.717) is 5.92 Å². The maximum Gasteiger partial charge on any atom is 0.274 e. The predicted octanol–water partition coefficient (Wildman–Crippen LogP) is 0.118. The highest BCUT2D eigenvalue weighted by molar-refractivity contribution is 6.31. The van der Waals surface area contributed by atoms with Crippen LogP contribution >= 0.6 is 11.6 Å². The Morgan fingerprint density at radius 2 is 1.95 bits per heavy atom. The summed E-state index contributed by atoms with van der Waals surface area (Å²) in [5.74, 6) is 0.229. The van der Waals surface area contributed by atoms with Gasteiger partial charge in [0.25, 0.3) is 5.91 Å². The first-order chi connectivity index (χ1) is 9.54. The van der Waals surface area contributed by atoms with Crippen molar-refractivity contribution in [3.05, 3.63) is 10.8 Å². The molecule has 0 aromatic carbocycles. The van der Waals surface area contributed by atoms with Gasteiger partial charge in [0.2, 0.25) is 0 Å². The van der Waals surface area contributed by atoms with E-state index in [0.717, 1.165) is 32.5 Å². The molecule has 3 aliphatic heterocycles. The molecule has 7 nitrogen and oxygen atoms in total. The normalized spacial score (nSPS) is 28.4. The lowest BCUT2D eigenvalue weighted by Crippen LogP contribution is -2.57. The Morgan fingerprint density at radius 1 is 1.25 bits per heavy atom. The minimum absolute atomic E-state index is 0.00161. The predicted molar refractivity (Wildman–Crippen MR) is 76.3 cm³/mol. The third-order valence-electron chi connectivity index (χ3n) is 4.09. The van der Waals surface area contributed by atoms with Crippen LogP contribution < -0.4 is 16.8 Å². The highest BCUT2D eigenvalue weighted by atomic mass is 35.5. The molecule has 1 amide bonds. The van der Waals surface area contributed by atoms with E-state index in [-0.39, 0.29) is 34.4 Å². The molecule has 0 saturated carbocycles. The third kappa shape index (κ3) is 2.38. The van der Waals surface area contributed by atoms with E-state index in [1.807, 2.05) is 0 Å². The molecule has 20 heavy (non-hydrogen) atoms. The summed E-state index contributed by atoms with van der Waals surface area (Å²) in [5.41, 5.74) is 11.2. The summed E-state index contributed by atoms with van der Waals surface area (Å²) < 4.78 is 0. The molecule has 8 heteroatoms. The molecular formula is C12H17ClN6O. The fourth-order valence-electron chi connectivity index (χ4n) is 2.97. The van der Waals surface area contributed by atoms with E-state index in [1.165, 1.54) is 0 Å². The van der Waals surface area contributed by atoms with Crippen LogP contribution in [0.5, 0.6) is 0 Å². The average molecular weight is 297 g/mol. The smallest absolute Gasteiger partial charge is 0.274 e. The van der Waals surface area contributed by atoms with Gasteiger partial charge in [0.15, 0.2) is 22.5 Å². The number of nitrogens with two attached hydrogens (primary N) is 2. The maximum atomic E-state index is 12.3. The number of hydrogen-bond donors (Lipinski definition) is 3. The number of aromatic nitrogens is 2. The minimum atomic E-state index is -0.337. The lowest BCUT2D eigenvalue weighted by Gasteiger charge is -2.44. The zero-order chi connectivity index (χ0) is 14.3. The summed E-state index contributed by atoms with van der Waals surface area (Å²) in [5, 5.41) is 2.99. The number of nitrogens with one attached hydrogen (secondary N) is 1. The summed E-state index contributed by atoms with van der Waals surface area (Å²) in [4.78, 5) is 22.4. The highest BCUT2D eigenvalue weighted by Gasteiger charge is 2.35. The molecule has 1 atom stereocenters. The Hall–Kier alpha value is -1.60. The van der Waals surface area contributed by atoms with Crippen molar-refractivity contribution in [2.24, 2.45) is 5.92 Å². The van der Waals surface area contributed by atoms with E-state index >= 15 is 0 Å². The second-order valence-electron chi connectivity index (χ2n) is 5.35. The molecule has 4 heterocycles. The lowest BCUT2D eigenvalue weighted by molar-refractivity contribution is 0.0618. The van der Waals surface area contributed by atoms with E-state index in [4.69, 9.17) is 23.1 Å². The third-order valence-corrected chi connectivity index (χ3v) is 4.37. The van der Waals surface area contributed by atoms with Gasteiger partial charge >= 0.3 is 0 Å². The van der Waals surface area contributed by atoms with Crippen molar-refractivity contribution >= 4 is 29.1 Å². The first-order valence-electron chi connectivity index (χ1n) is 6.66. The number of amides is 1. The van der Waals surface area contributed by atoms with Gasteiger partial charge in [-0.1, -0.05) is 11.6 Å². The Labute approximate surface area is 121 Å². The van der Waals surface area contributed by atoms with Crippen LogP contribution in [-0.2, 0) is 0 Å². The summed E-state index contributed by atoms with van der Waals surface area (Å²) >= 11 is 5.79. The Bertz CT molecular complexity index is 543. The lowest BCUT2D eigenvalue weighted by atomic mass is 9.84. The minimum Gasteiger partial charge on any atom is -0.382 e. The molecule has 3 fully saturated rings. The number of halogens is 1. The molecule has 108 valence electrons. The monoisotopic (exact) mass is 296 g/mol. The number of anilines is 2. The summed E-state index contributed by atoms with van der Waals surface area (Å²) in [7, 11) is 0. The van der Waals surface area contributed by atoms with Crippen molar-refractivity contribution in [2.75, 3.05) is 31.1 Å². The number of carbonyl (C=O) groups excluding carboxylic acids is 1. The molecule has 0 spiro atoms. The number of nitrogen functional groups attached to an aromatic ring is 2. The number of fused-ring (bicyclic) bond motifs is 3. The van der Waals surface area contributed by atoms with Crippen LogP contribution in [0, 0.1) is 5.92 Å². The zero-order valence-electron chi connectivity index (χ0n) is 11.0. The van der Waals surface area contributed by atoms with Crippen LogP contribution in [0.3, 0.4) is 0 Å². The van der Waals surface area contributed by atoms with Gasteiger partial charge in [-0.2, -0.15) is 0 Å². The Kier molecular flexibility index (Phi) is 3.39. The molecule has 3 aliphatic rings. The summed E-state index contributed by atoms with van der Waals surface area (Å²) in [6.45, 7) is 3.12. The van der Waals surface area contributed by atoms with Gasteiger partial charge in [-0.25, -0.2) is 9.97 Å². The van der Waals surface area contributed by atoms with Crippen LogP contribution in [0.2, 0.25) is 5.15 Å². The number of carbonyl (C=O) groups is 1. The molecular weight excluding hydrogens is 280 g/mol. The quantitative estimate of drug-likeness (QED) is 0.715. The van der Waals surface area contributed by atoms with Crippen LogP contribution in [0.4, 0.5) is 11.6 Å². The zero-order valence-corrected chi connectivity index (χ0v) is 11.7. The molecule has 3 saturated heterocycles. The van der Waals surface area contributed by atoms with Crippen molar-refractivity contribution in [3.8, 4) is 0 Å². The van der Waals surface area contributed by atoms with Gasteiger partial charge in [-0.05, 0) is 31.8 Å². The first-order valence-corrected chi connectivity index (χ1v) is 7.04. The van der Waals surface area contributed by atoms with Gasteiger partial charge in [0.1, 0.15) is 0 Å². The molecule has 1 aromatic rings. The van der Waals surface area contributed by atoms with E-state index in [2.05, 4.69) is 20.2 Å². The topological polar surface area (TPSA) is 110 Å². The van der Waals surface area contributed by atoms with E-state index in [1.54, 1.807) is 0 Å². The number of piperidine rings is 3. The van der Waals surface area contributed by atoms with Gasteiger partial charge in [-0.3, -0.25) is 4.79 Å². The van der Waals surface area contributed by atoms with Crippen molar-refractivity contribution in [1.82, 2.24) is 20.2 Å². The largest absolute Gasteiger partial charge is 0.382 e. The van der Waals surface area contributed by atoms with Crippen molar-refractivity contribution < 1.29 is 4.79 Å². The standard InChI is InChI=1S/C12H17ClN6O/c13-9-11(15)18-10(14)8(17-9)12(20)16-7-5-19-3-1-6(7)2-4-19/h6-7H,1-5H2,(H,16,20)(H4,14,15,18). The Balaban J connectivity index is 1.75. The van der Waals surface area contributed by atoms with Crippen LogP contribution in [0.15, 0.2) is 0 Å².